The Labute approximate surface area is 107 Å². The van der Waals surface area contributed by atoms with E-state index >= 15 is 0 Å². The first-order valence-electron chi connectivity index (χ1n) is 5.61. The summed E-state index contributed by atoms with van der Waals surface area (Å²) in [5, 5.41) is 10.6. The first-order chi connectivity index (χ1) is 8.70. The van der Waals surface area contributed by atoms with E-state index in [9.17, 15) is 5.11 Å². The minimum Gasteiger partial charge on any atom is -0.497 e. The Bertz CT molecular complexity index is 552. The smallest absolute Gasteiger partial charge is 0.176 e. The molecule has 0 spiro atoms. The average molecular weight is 238 g/mol. The van der Waals surface area contributed by atoms with Gasteiger partial charge in [0.25, 0.3) is 0 Å². The molecule has 0 bridgehead atoms. The van der Waals surface area contributed by atoms with Gasteiger partial charge < -0.3 is 9.84 Å². The van der Waals surface area contributed by atoms with Gasteiger partial charge in [0.05, 0.1) is 7.11 Å². The van der Waals surface area contributed by atoms with Crippen molar-refractivity contribution in [2.45, 2.75) is 5.60 Å². The van der Waals surface area contributed by atoms with Crippen molar-refractivity contribution in [2.24, 2.45) is 0 Å². The van der Waals surface area contributed by atoms with Crippen molar-refractivity contribution in [3.63, 3.8) is 0 Å². The summed E-state index contributed by atoms with van der Waals surface area (Å²) < 4.78 is 5.09. The third kappa shape index (κ3) is 2.09. The summed E-state index contributed by atoms with van der Waals surface area (Å²) in [6, 6.07) is 16.3. The molecule has 0 radical (unpaired) electrons. The minimum atomic E-state index is -1.41. The van der Waals surface area contributed by atoms with Crippen molar-refractivity contribution in [2.75, 3.05) is 7.11 Å². The van der Waals surface area contributed by atoms with Gasteiger partial charge in [-0.25, -0.2) is 0 Å². The molecule has 0 amide bonds. The summed E-state index contributed by atoms with van der Waals surface area (Å²) in [7, 11) is 1.60. The Kier molecular flexibility index (Phi) is 3.36. The minimum absolute atomic E-state index is 0.650. The first kappa shape index (κ1) is 12.2. The fraction of sp³-hybridized carbons (Fsp3) is 0.125. The molecule has 2 heteroatoms. The monoisotopic (exact) mass is 238 g/mol. The number of aliphatic hydroxyl groups is 1. The fourth-order valence-corrected chi connectivity index (χ4v) is 1.84. The molecule has 0 aliphatic heterocycles. The second-order valence-electron chi connectivity index (χ2n) is 3.95. The second kappa shape index (κ2) is 4.95. The molecule has 1 atom stereocenters. The molecule has 1 N–H and O–H groups in total. The molecule has 0 fully saturated rings. The number of rotatable bonds is 3. The highest BCUT2D eigenvalue weighted by molar-refractivity contribution is 5.44. The predicted octanol–water partition coefficient (Wildman–Crippen LogP) is 2.56. The summed E-state index contributed by atoms with van der Waals surface area (Å²) in [5.41, 5.74) is -0.0808. The zero-order valence-corrected chi connectivity index (χ0v) is 10.1. The Morgan fingerprint density at radius 1 is 1.00 bits per heavy atom. The number of hydrogen-bond acceptors (Lipinski definition) is 2. The van der Waals surface area contributed by atoms with Crippen LogP contribution in [0.25, 0.3) is 0 Å². The number of benzene rings is 2. The van der Waals surface area contributed by atoms with E-state index in [4.69, 9.17) is 11.2 Å². The SMILES string of the molecule is C#CC(O)(c1ccccc1)c1ccc(OC)cc1. The normalized spacial score (nSPS) is 13.4. The molecule has 0 heterocycles. The van der Waals surface area contributed by atoms with Crippen LogP contribution in [0.15, 0.2) is 54.6 Å². The van der Waals surface area contributed by atoms with Crippen LogP contribution in [-0.4, -0.2) is 12.2 Å². The number of ether oxygens (including phenoxy) is 1. The van der Waals surface area contributed by atoms with Gasteiger partial charge in [-0.15, -0.1) is 6.42 Å². The van der Waals surface area contributed by atoms with Gasteiger partial charge in [-0.3, -0.25) is 0 Å². The molecule has 0 aliphatic carbocycles. The molecule has 0 aromatic heterocycles. The fourth-order valence-electron chi connectivity index (χ4n) is 1.84. The zero-order chi connectivity index (χ0) is 13.0. The molecule has 2 aromatic rings. The summed E-state index contributed by atoms with van der Waals surface area (Å²) >= 11 is 0. The van der Waals surface area contributed by atoms with Crippen LogP contribution in [-0.2, 0) is 5.60 Å². The van der Waals surface area contributed by atoms with Crippen LogP contribution in [0.1, 0.15) is 11.1 Å². The van der Waals surface area contributed by atoms with Crippen molar-refractivity contribution in [1.29, 1.82) is 0 Å². The van der Waals surface area contributed by atoms with E-state index in [2.05, 4.69) is 5.92 Å². The van der Waals surface area contributed by atoms with E-state index in [1.54, 1.807) is 31.4 Å². The molecule has 90 valence electrons. The Balaban J connectivity index is 2.47. The highest BCUT2D eigenvalue weighted by atomic mass is 16.5. The summed E-state index contributed by atoms with van der Waals surface area (Å²) in [5.74, 6) is 3.19. The lowest BCUT2D eigenvalue weighted by Gasteiger charge is -2.23. The van der Waals surface area contributed by atoms with Crippen LogP contribution in [0.5, 0.6) is 5.75 Å². The molecule has 1 unspecified atom stereocenters. The highest BCUT2D eigenvalue weighted by Gasteiger charge is 2.28. The van der Waals surface area contributed by atoms with Crippen LogP contribution in [0.2, 0.25) is 0 Å². The number of hydrogen-bond donors (Lipinski definition) is 1. The van der Waals surface area contributed by atoms with Crippen LogP contribution in [0, 0.1) is 12.3 Å². The molecule has 0 saturated heterocycles. The van der Waals surface area contributed by atoms with Crippen LogP contribution < -0.4 is 4.74 Å². The molecular weight excluding hydrogens is 224 g/mol. The molecular formula is C16H14O2. The summed E-state index contributed by atoms with van der Waals surface area (Å²) in [6.45, 7) is 0. The van der Waals surface area contributed by atoms with E-state index in [0.29, 0.717) is 11.1 Å². The van der Waals surface area contributed by atoms with E-state index in [1.807, 2.05) is 30.3 Å². The Hall–Kier alpha value is -2.24. The molecule has 2 nitrogen and oxygen atoms in total. The second-order valence-corrected chi connectivity index (χ2v) is 3.95. The van der Waals surface area contributed by atoms with Gasteiger partial charge in [0, 0.05) is 11.1 Å². The lowest BCUT2D eigenvalue weighted by atomic mass is 9.87. The van der Waals surface area contributed by atoms with Gasteiger partial charge >= 0.3 is 0 Å². The van der Waals surface area contributed by atoms with Crippen molar-refractivity contribution in [3.05, 3.63) is 65.7 Å². The van der Waals surface area contributed by atoms with Crippen molar-refractivity contribution in [3.8, 4) is 18.1 Å². The Morgan fingerprint density at radius 3 is 2.06 bits per heavy atom. The van der Waals surface area contributed by atoms with Crippen LogP contribution >= 0.6 is 0 Å². The maximum atomic E-state index is 10.6. The number of terminal acetylenes is 1. The quantitative estimate of drug-likeness (QED) is 0.833. The van der Waals surface area contributed by atoms with Crippen molar-refractivity contribution in [1.82, 2.24) is 0 Å². The van der Waals surface area contributed by atoms with Crippen molar-refractivity contribution < 1.29 is 9.84 Å². The van der Waals surface area contributed by atoms with Crippen LogP contribution in [0.4, 0.5) is 0 Å². The maximum Gasteiger partial charge on any atom is 0.176 e. The van der Waals surface area contributed by atoms with E-state index in [0.717, 1.165) is 5.75 Å². The molecule has 2 rings (SSSR count). The largest absolute Gasteiger partial charge is 0.497 e. The lowest BCUT2D eigenvalue weighted by Crippen LogP contribution is -2.24. The van der Waals surface area contributed by atoms with Crippen LogP contribution in [0.3, 0.4) is 0 Å². The van der Waals surface area contributed by atoms with Gasteiger partial charge in [-0.1, -0.05) is 48.4 Å². The third-order valence-corrected chi connectivity index (χ3v) is 2.91. The van der Waals surface area contributed by atoms with E-state index in [-0.39, 0.29) is 0 Å². The molecule has 2 aromatic carbocycles. The van der Waals surface area contributed by atoms with E-state index < -0.39 is 5.60 Å². The Morgan fingerprint density at radius 2 is 1.56 bits per heavy atom. The van der Waals surface area contributed by atoms with Gasteiger partial charge in [0.1, 0.15) is 5.75 Å². The highest BCUT2D eigenvalue weighted by Crippen LogP contribution is 2.29. The summed E-state index contributed by atoms with van der Waals surface area (Å²) in [6.07, 6.45) is 5.51. The molecule has 0 aliphatic rings. The standard InChI is InChI=1S/C16H14O2/c1-3-16(17,13-7-5-4-6-8-13)14-9-11-15(18-2)12-10-14/h1,4-12,17H,2H3. The van der Waals surface area contributed by atoms with Gasteiger partial charge in [0.15, 0.2) is 5.60 Å². The maximum absolute atomic E-state index is 10.6. The summed E-state index contributed by atoms with van der Waals surface area (Å²) in [4.78, 5) is 0. The first-order valence-corrected chi connectivity index (χ1v) is 5.61. The van der Waals surface area contributed by atoms with Crippen molar-refractivity contribution >= 4 is 0 Å². The van der Waals surface area contributed by atoms with E-state index in [1.165, 1.54) is 0 Å². The third-order valence-electron chi connectivity index (χ3n) is 2.91. The van der Waals surface area contributed by atoms with Gasteiger partial charge in [-0.05, 0) is 12.1 Å². The van der Waals surface area contributed by atoms with Gasteiger partial charge in [0.2, 0.25) is 0 Å². The van der Waals surface area contributed by atoms with Gasteiger partial charge in [-0.2, -0.15) is 0 Å². The topological polar surface area (TPSA) is 29.5 Å². The average Bonchev–Trinajstić information content (AvgIpc) is 2.47. The molecule has 18 heavy (non-hydrogen) atoms. The zero-order valence-electron chi connectivity index (χ0n) is 10.1. The number of methoxy groups -OCH3 is 1. The molecule has 0 saturated carbocycles. The lowest BCUT2D eigenvalue weighted by molar-refractivity contribution is 0.145. The predicted molar refractivity (Wildman–Crippen MR) is 71.3 cm³/mol.